The number of amides is 4. The van der Waals surface area contributed by atoms with Crippen LogP contribution >= 0.6 is 0 Å². The molecule has 1 aromatic rings. The van der Waals surface area contributed by atoms with E-state index in [1.54, 1.807) is 24.3 Å². The van der Waals surface area contributed by atoms with Gasteiger partial charge in [0.15, 0.2) is 0 Å². The Balaban J connectivity index is 2.43. The van der Waals surface area contributed by atoms with Gasteiger partial charge in [-0.1, -0.05) is 206 Å². The lowest BCUT2D eigenvalue weighted by molar-refractivity contribution is -0.126. The van der Waals surface area contributed by atoms with Gasteiger partial charge in [-0.3, -0.25) is 19.2 Å². The lowest BCUT2D eigenvalue weighted by Crippen LogP contribution is -2.46. The van der Waals surface area contributed by atoms with Crippen molar-refractivity contribution >= 4 is 23.6 Å². The van der Waals surface area contributed by atoms with Gasteiger partial charge in [0.05, 0.1) is 6.54 Å². The first-order valence-electron chi connectivity index (χ1n) is 24.1. The second-order valence-corrected chi connectivity index (χ2v) is 16.9. The van der Waals surface area contributed by atoms with E-state index in [9.17, 15) is 19.2 Å². The van der Waals surface area contributed by atoms with Crippen LogP contribution in [-0.4, -0.2) is 54.2 Å². The van der Waals surface area contributed by atoms with Crippen LogP contribution in [0.4, 0.5) is 0 Å². The average Bonchev–Trinajstić information content (AvgIpc) is 3.21. The molecule has 0 radical (unpaired) electrons. The summed E-state index contributed by atoms with van der Waals surface area (Å²) >= 11 is 0. The van der Waals surface area contributed by atoms with Gasteiger partial charge in [0.25, 0.3) is 11.8 Å². The van der Waals surface area contributed by atoms with E-state index in [4.69, 9.17) is 5.73 Å². The molecule has 0 aromatic heterocycles. The normalized spacial score (nSPS) is 11.7. The first-order valence-corrected chi connectivity index (χ1v) is 24.1. The molecule has 1 rings (SSSR count). The van der Waals surface area contributed by atoms with E-state index in [-0.39, 0.29) is 12.5 Å². The molecule has 8 heteroatoms. The zero-order valence-corrected chi connectivity index (χ0v) is 37.3. The summed E-state index contributed by atoms with van der Waals surface area (Å²) in [6.45, 7) is 7.29. The summed E-state index contributed by atoms with van der Waals surface area (Å²) in [6.07, 6.45) is 42.5. The molecule has 8 nitrogen and oxygen atoms in total. The fraction of sp³-hybridized carbons (Fsp3) is 0.796. The van der Waals surface area contributed by atoms with E-state index in [1.165, 1.54) is 187 Å². The predicted octanol–water partition coefficient (Wildman–Crippen LogP) is 12.4. The number of nitrogens with zero attached hydrogens (tertiary/aromatic N) is 1. The van der Waals surface area contributed by atoms with Crippen molar-refractivity contribution in [1.82, 2.24) is 15.5 Å². The number of rotatable bonds is 40. The van der Waals surface area contributed by atoms with Crippen molar-refractivity contribution in [2.75, 3.05) is 19.6 Å². The van der Waals surface area contributed by atoms with Crippen LogP contribution in [-0.2, 0) is 9.59 Å². The molecule has 4 amide bonds. The first kappa shape index (κ1) is 52.1. The Morgan fingerprint density at radius 2 is 0.789 bits per heavy atom. The summed E-state index contributed by atoms with van der Waals surface area (Å²) in [5.41, 5.74) is 6.13. The Morgan fingerprint density at radius 3 is 1.11 bits per heavy atom. The van der Waals surface area contributed by atoms with Crippen LogP contribution in [0.3, 0.4) is 0 Å². The van der Waals surface area contributed by atoms with E-state index in [1.807, 2.05) is 4.90 Å². The molecule has 0 bridgehead atoms. The number of unbranched alkanes of at least 4 members (excludes halogenated alkanes) is 30. The smallest absolute Gasteiger partial charge is 0.253 e. The van der Waals surface area contributed by atoms with Gasteiger partial charge in [0.1, 0.15) is 6.04 Å². The zero-order chi connectivity index (χ0) is 41.6. The standard InChI is InChI=1S/C49H88N4O4/c1-4-6-8-10-12-14-16-18-20-22-24-26-28-30-32-34-40-53(41-35-33-31-29-27-25-23-21-19-17-15-13-11-9-7-5-2)49(57)45-38-36-44(37-39-45)48(56)51-42-46(54)52-43(3)47(50)55/h36-39,43H,4-35,40-42H2,1-3H3,(H2,50,55)(H,51,56)(H,52,54)/t43-/m0/s1. The molecule has 0 aliphatic rings. The van der Waals surface area contributed by atoms with Crippen LogP contribution in [0.1, 0.15) is 247 Å². The number of hydrogen-bond donors (Lipinski definition) is 3. The highest BCUT2D eigenvalue weighted by Gasteiger charge is 2.17. The van der Waals surface area contributed by atoms with Gasteiger partial charge in [-0.05, 0) is 44.0 Å². The number of benzene rings is 1. The second kappa shape index (κ2) is 37.4. The Hall–Kier alpha value is -2.90. The Morgan fingerprint density at radius 1 is 0.491 bits per heavy atom. The van der Waals surface area contributed by atoms with Crippen molar-refractivity contribution in [3.8, 4) is 0 Å². The molecular formula is C49H88N4O4. The maximum atomic E-state index is 13.7. The molecule has 0 fully saturated rings. The van der Waals surface area contributed by atoms with Gasteiger partial charge in [-0.2, -0.15) is 0 Å². The quantitative estimate of drug-likeness (QED) is 0.0572. The van der Waals surface area contributed by atoms with E-state index < -0.39 is 23.8 Å². The lowest BCUT2D eigenvalue weighted by atomic mass is 10.0. The highest BCUT2D eigenvalue weighted by Crippen LogP contribution is 2.17. The molecule has 0 saturated heterocycles. The Bertz CT molecular complexity index is 1100. The van der Waals surface area contributed by atoms with Gasteiger partial charge < -0.3 is 21.3 Å². The summed E-state index contributed by atoms with van der Waals surface area (Å²) in [4.78, 5) is 51.6. The molecule has 0 spiro atoms. The lowest BCUT2D eigenvalue weighted by Gasteiger charge is -2.23. The Kier molecular flexibility index (Phi) is 34.2. The molecule has 0 saturated carbocycles. The first-order chi connectivity index (χ1) is 27.8. The van der Waals surface area contributed by atoms with Crippen molar-refractivity contribution in [2.24, 2.45) is 5.73 Å². The third kappa shape index (κ3) is 29.9. The van der Waals surface area contributed by atoms with Gasteiger partial charge in [0, 0.05) is 24.2 Å². The zero-order valence-electron chi connectivity index (χ0n) is 37.3. The summed E-state index contributed by atoms with van der Waals surface area (Å²) in [5, 5.41) is 5.00. The number of hydrogen-bond acceptors (Lipinski definition) is 4. The summed E-state index contributed by atoms with van der Waals surface area (Å²) in [6, 6.07) is 5.87. The summed E-state index contributed by atoms with van der Waals surface area (Å²) in [5.74, 6) is -1.55. The van der Waals surface area contributed by atoms with Crippen LogP contribution in [0.2, 0.25) is 0 Å². The molecule has 328 valence electrons. The Labute approximate surface area is 350 Å². The van der Waals surface area contributed by atoms with Crippen LogP contribution < -0.4 is 16.4 Å². The summed E-state index contributed by atoms with van der Waals surface area (Å²) < 4.78 is 0. The maximum absolute atomic E-state index is 13.7. The van der Waals surface area contributed by atoms with Crippen LogP contribution in [0.5, 0.6) is 0 Å². The second-order valence-electron chi connectivity index (χ2n) is 16.9. The molecule has 4 N–H and O–H groups in total. The minimum atomic E-state index is -0.818. The highest BCUT2D eigenvalue weighted by atomic mass is 16.2. The van der Waals surface area contributed by atoms with Crippen molar-refractivity contribution in [3.05, 3.63) is 35.4 Å². The summed E-state index contributed by atoms with van der Waals surface area (Å²) in [7, 11) is 0. The van der Waals surface area contributed by atoms with Crippen LogP contribution in [0.25, 0.3) is 0 Å². The van der Waals surface area contributed by atoms with Gasteiger partial charge in [-0.25, -0.2) is 0 Å². The van der Waals surface area contributed by atoms with E-state index in [2.05, 4.69) is 24.5 Å². The minimum absolute atomic E-state index is 0.0173. The maximum Gasteiger partial charge on any atom is 0.253 e. The number of carbonyl (C=O) groups excluding carboxylic acids is 4. The largest absolute Gasteiger partial charge is 0.368 e. The monoisotopic (exact) mass is 797 g/mol. The van der Waals surface area contributed by atoms with Gasteiger partial charge in [0.2, 0.25) is 11.8 Å². The molecular weight excluding hydrogens is 709 g/mol. The van der Waals surface area contributed by atoms with E-state index in [0.29, 0.717) is 11.1 Å². The molecule has 0 aliphatic heterocycles. The predicted molar refractivity (Wildman–Crippen MR) is 241 cm³/mol. The van der Waals surface area contributed by atoms with E-state index in [0.717, 1.165) is 38.8 Å². The molecule has 57 heavy (non-hydrogen) atoms. The average molecular weight is 797 g/mol. The van der Waals surface area contributed by atoms with Gasteiger partial charge in [-0.15, -0.1) is 0 Å². The third-order valence-corrected chi connectivity index (χ3v) is 11.5. The van der Waals surface area contributed by atoms with Crippen molar-refractivity contribution in [3.63, 3.8) is 0 Å². The molecule has 1 atom stereocenters. The molecule has 0 unspecified atom stereocenters. The van der Waals surface area contributed by atoms with Crippen molar-refractivity contribution in [1.29, 1.82) is 0 Å². The van der Waals surface area contributed by atoms with Gasteiger partial charge >= 0.3 is 0 Å². The van der Waals surface area contributed by atoms with Crippen LogP contribution in [0, 0.1) is 0 Å². The fourth-order valence-corrected chi connectivity index (χ4v) is 7.59. The van der Waals surface area contributed by atoms with Crippen molar-refractivity contribution < 1.29 is 19.2 Å². The number of nitrogens with one attached hydrogen (secondary N) is 2. The highest BCUT2D eigenvalue weighted by molar-refractivity contribution is 5.99. The van der Waals surface area contributed by atoms with Crippen molar-refractivity contribution in [2.45, 2.75) is 232 Å². The fourth-order valence-electron chi connectivity index (χ4n) is 7.59. The number of nitrogens with two attached hydrogens (primary N) is 1. The minimum Gasteiger partial charge on any atom is -0.368 e. The number of carbonyl (C=O) groups is 4. The molecule has 0 aliphatic carbocycles. The topological polar surface area (TPSA) is 122 Å². The SMILES string of the molecule is CCCCCCCCCCCCCCCCCCN(CCCCCCCCCCCCCCCCCC)C(=O)c1ccc(C(=O)NCC(=O)N[C@@H](C)C(N)=O)cc1. The van der Waals surface area contributed by atoms with E-state index >= 15 is 0 Å². The van der Waals surface area contributed by atoms with Crippen LogP contribution in [0.15, 0.2) is 24.3 Å². The molecule has 1 aromatic carbocycles. The molecule has 0 heterocycles. The number of primary amides is 1. The third-order valence-electron chi connectivity index (χ3n) is 11.5.